The summed E-state index contributed by atoms with van der Waals surface area (Å²) in [5, 5.41) is 2.99. The summed E-state index contributed by atoms with van der Waals surface area (Å²) in [6, 6.07) is 3.20. The number of carbonyl (C=O) groups is 2. The van der Waals surface area contributed by atoms with Crippen LogP contribution in [0.4, 0.5) is 8.78 Å². The first-order valence-corrected chi connectivity index (χ1v) is 7.74. The van der Waals surface area contributed by atoms with Gasteiger partial charge in [-0.3, -0.25) is 9.59 Å². The fraction of sp³-hybridized carbons (Fsp3) is 0.529. The maximum Gasteiger partial charge on any atom is 0.253 e. The number of hydrogen-bond acceptors (Lipinski definition) is 2. The van der Waals surface area contributed by atoms with Gasteiger partial charge < -0.3 is 10.2 Å². The van der Waals surface area contributed by atoms with Gasteiger partial charge in [-0.25, -0.2) is 8.78 Å². The summed E-state index contributed by atoms with van der Waals surface area (Å²) < 4.78 is 26.2. The van der Waals surface area contributed by atoms with Gasteiger partial charge in [-0.05, 0) is 31.0 Å². The molecule has 0 unspecified atom stereocenters. The monoisotopic (exact) mass is 324 g/mol. The Bertz CT molecular complexity index is 603. The molecule has 6 heteroatoms. The molecule has 4 nitrogen and oxygen atoms in total. The van der Waals surface area contributed by atoms with Crippen LogP contribution in [-0.4, -0.2) is 35.8 Å². The van der Waals surface area contributed by atoms with E-state index in [0.29, 0.717) is 25.9 Å². The van der Waals surface area contributed by atoms with Crippen LogP contribution in [0.5, 0.6) is 0 Å². The smallest absolute Gasteiger partial charge is 0.253 e. The second kappa shape index (κ2) is 6.64. The second-order valence-electron chi connectivity index (χ2n) is 6.92. The molecular formula is C17H22F2N2O2. The summed E-state index contributed by atoms with van der Waals surface area (Å²) in [6.07, 6.45) is 1.30. The lowest BCUT2D eigenvalue weighted by Crippen LogP contribution is -2.49. The van der Waals surface area contributed by atoms with Crippen molar-refractivity contribution in [2.24, 2.45) is 5.41 Å². The molecule has 126 valence electrons. The minimum atomic E-state index is -1.02. The van der Waals surface area contributed by atoms with Gasteiger partial charge in [-0.1, -0.05) is 20.8 Å². The minimum absolute atomic E-state index is 0.0112. The van der Waals surface area contributed by atoms with Crippen molar-refractivity contribution in [2.75, 3.05) is 13.1 Å². The molecule has 0 atom stereocenters. The summed E-state index contributed by atoms with van der Waals surface area (Å²) in [4.78, 5) is 25.9. The number of carbonyl (C=O) groups excluding carboxylic acids is 2. The minimum Gasteiger partial charge on any atom is -0.353 e. The lowest BCUT2D eigenvalue weighted by Gasteiger charge is -2.33. The lowest BCUT2D eigenvalue weighted by atomic mass is 9.94. The molecular weight excluding hydrogens is 302 g/mol. The number of likely N-dealkylation sites (tertiary alicyclic amines) is 1. The van der Waals surface area contributed by atoms with Crippen LogP contribution < -0.4 is 5.32 Å². The van der Waals surface area contributed by atoms with Gasteiger partial charge in [-0.2, -0.15) is 0 Å². The molecule has 1 heterocycles. The number of nitrogens with zero attached hydrogens (tertiary/aromatic N) is 1. The Labute approximate surface area is 134 Å². The first-order valence-electron chi connectivity index (χ1n) is 7.74. The zero-order chi connectivity index (χ0) is 17.2. The normalized spacial score (nSPS) is 16.3. The third kappa shape index (κ3) is 4.27. The summed E-state index contributed by atoms with van der Waals surface area (Å²) in [7, 11) is 0. The molecule has 1 aromatic rings. The van der Waals surface area contributed by atoms with Crippen molar-refractivity contribution in [3.63, 3.8) is 0 Å². The number of nitrogens with one attached hydrogen (secondary N) is 1. The van der Waals surface area contributed by atoms with Crippen LogP contribution in [0.15, 0.2) is 18.2 Å². The summed E-state index contributed by atoms with van der Waals surface area (Å²) >= 11 is 0. The predicted molar refractivity (Wildman–Crippen MR) is 82.9 cm³/mol. The topological polar surface area (TPSA) is 49.4 Å². The third-order valence-electron chi connectivity index (χ3n) is 3.97. The molecule has 0 bridgehead atoms. The van der Waals surface area contributed by atoms with Crippen LogP contribution in [0.3, 0.4) is 0 Å². The fourth-order valence-electron chi connectivity index (χ4n) is 2.44. The van der Waals surface area contributed by atoms with Crippen LogP contribution in [0, 0.1) is 17.0 Å². The standard InChI is InChI=1S/C17H22F2N2O2/c1-17(2,3)16(23)20-12-6-8-21(9-7-12)15(22)11-4-5-13(18)14(19)10-11/h4-5,10,12H,6-9H2,1-3H3,(H,20,23). The van der Waals surface area contributed by atoms with E-state index < -0.39 is 17.0 Å². The fourth-order valence-corrected chi connectivity index (χ4v) is 2.44. The molecule has 1 fully saturated rings. The van der Waals surface area contributed by atoms with Crippen molar-refractivity contribution < 1.29 is 18.4 Å². The van der Waals surface area contributed by atoms with E-state index in [0.717, 1.165) is 12.1 Å². The van der Waals surface area contributed by atoms with Crippen LogP contribution in [0.2, 0.25) is 0 Å². The van der Waals surface area contributed by atoms with Gasteiger partial charge in [0.1, 0.15) is 0 Å². The first-order chi connectivity index (χ1) is 10.7. The summed E-state index contributed by atoms with van der Waals surface area (Å²) in [6.45, 7) is 6.51. The van der Waals surface area contributed by atoms with E-state index in [9.17, 15) is 18.4 Å². The molecule has 1 saturated heterocycles. The average Bonchev–Trinajstić information content (AvgIpc) is 2.49. The number of benzene rings is 1. The largest absolute Gasteiger partial charge is 0.353 e. The van der Waals surface area contributed by atoms with Crippen molar-refractivity contribution in [3.05, 3.63) is 35.4 Å². The molecule has 0 aromatic heterocycles. The van der Waals surface area contributed by atoms with E-state index in [1.165, 1.54) is 6.07 Å². The second-order valence-corrected chi connectivity index (χ2v) is 6.92. The van der Waals surface area contributed by atoms with E-state index >= 15 is 0 Å². The van der Waals surface area contributed by atoms with Gasteiger partial charge in [0.05, 0.1) is 0 Å². The molecule has 0 spiro atoms. The van der Waals surface area contributed by atoms with Gasteiger partial charge >= 0.3 is 0 Å². The van der Waals surface area contributed by atoms with Crippen LogP contribution >= 0.6 is 0 Å². The quantitative estimate of drug-likeness (QED) is 0.909. The van der Waals surface area contributed by atoms with Crippen molar-refractivity contribution in [1.82, 2.24) is 10.2 Å². The van der Waals surface area contributed by atoms with Gasteiger partial charge in [0.25, 0.3) is 5.91 Å². The van der Waals surface area contributed by atoms with Crippen molar-refractivity contribution in [2.45, 2.75) is 39.7 Å². The SMILES string of the molecule is CC(C)(C)C(=O)NC1CCN(C(=O)c2ccc(F)c(F)c2)CC1. The predicted octanol–water partition coefficient (Wildman–Crippen LogP) is 2.73. The number of halogens is 2. The van der Waals surface area contributed by atoms with Crippen LogP contribution in [0.1, 0.15) is 44.0 Å². The molecule has 0 radical (unpaired) electrons. The Morgan fingerprint density at radius 3 is 2.26 bits per heavy atom. The molecule has 0 saturated carbocycles. The van der Waals surface area contributed by atoms with Gasteiger partial charge in [0.15, 0.2) is 11.6 Å². The van der Waals surface area contributed by atoms with Gasteiger partial charge in [0.2, 0.25) is 5.91 Å². The highest BCUT2D eigenvalue weighted by atomic mass is 19.2. The van der Waals surface area contributed by atoms with Crippen molar-refractivity contribution in [1.29, 1.82) is 0 Å². The molecule has 23 heavy (non-hydrogen) atoms. The maximum atomic E-state index is 13.2. The number of hydrogen-bond donors (Lipinski definition) is 1. The zero-order valence-corrected chi connectivity index (χ0v) is 13.7. The van der Waals surface area contributed by atoms with Crippen molar-refractivity contribution in [3.8, 4) is 0 Å². The first kappa shape index (κ1) is 17.4. The highest BCUT2D eigenvalue weighted by Gasteiger charge is 2.28. The summed E-state index contributed by atoms with van der Waals surface area (Å²) in [5.74, 6) is -2.32. The van der Waals surface area contributed by atoms with Crippen molar-refractivity contribution >= 4 is 11.8 Å². The Kier molecular flexibility index (Phi) is 5.02. The molecule has 0 aliphatic carbocycles. The molecule has 1 N–H and O–H groups in total. The van der Waals surface area contributed by atoms with E-state index in [4.69, 9.17) is 0 Å². The van der Waals surface area contributed by atoms with Crippen LogP contribution in [-0.2, 0) is 4.79 Å². The molecule has 1 aliphatic heterocycles. The zero-order valence-electron chi connectivity index (χ0n) is 13.7. The Balaban J connectivity index is 1.92. The van der Waals surface area contributed by atoms with E-state index in [1.807, 2.05) is 20.8 Å². The molecule has 1 aromatic carbocycles. The number of rotatable bonds is 2. The third-order valence-corrected chi connectivity index (χ3v) is 3.97. The van der Waals surface area contributed by atoms with E-state index in [2.05, 4.69) is 5.32 Å². The molecule has 2 rings (SSSR count). The maximum absolute atomic E-state index is 13.2. The summed E-state index contributed by atoms with van der Waals surface area (Å²) in [5.41, 5.74) is -0.306. The van der Waals surface area contributed by atoms with Gasteiger partial charge in [-0.15, -0.1) is 0 Å². The molecule has 2 amide bonds. The molecule has 1 aliphatic rings. The highest BCUT2D eigenvalue weighted by molar-refractivity contribution is 5.94. The Hall–Kier alpha value is -1.98. The average molecular weight is 324 g/mol. The van der Waals surface area contributed by atoms with Crippen LogP contribution in [0.25, 0.3) is 0 Å². The number of piperidine rings is 1. The number of amides is 2. The van der Waals surface area contributed by atoms with E-state index in [-0.39, 0.29) is 23.4 Å². The van der Waals surface area contributed by atoms with E-state index in [1.54, 1.807) is 4.90 Å². The van der Waals surface area contributed by atoms with Gasteiger partial charge in [0, 0.05) is 30.1 Å². The Morgan fingerprint density at radius 2 is 1.74 bits per heavy atom. The lowest BCUT2D eigenvalue weighted by molar-refractivity contribution is -0.129. The highest BCUT2D eigenvalue weighted by Crippen LogP contribution is 2.18. The Morgan fingerprint density at radius 1 is 1.13 bits per heavy atom.